The molecule has 0 heterocycles. The van der Waals surface area contributed by atoms with Gasteiger partial charge in [0.25, 0.3) is 11.6 Å². The lowest BCUT2D eigenvalue weighted by atomic mass is 10.2. The molecule has 1 aromatic rings. The van der Waals surface area contributed by atoms with Crippen molar-refractivity contribution < 1.29 is 19.2 Å². The van der Waals surface area contributed by atoms with Crippen molar-refractivity contribution in [3.63, 3.8) is 0 Å². The Morgan fingerprint density at radius 1 is 1.52 bits per heavy atom. The molecule has 0 aliphatic rings. The summed E-state index contributed by atoms with van der Waals surface area (Å²) in [7, 11) is 1.29. The number of amides is 2. The number of rotatable bonds is 7. The van der Waals surface area contributed by atoms with E-state index in [2.05, 4.69) is 5.32 Å². The highest BCUT2D eigenvalue weighted by atomic mass is 16.6. The lowest BCUT2D eigenvalue weighted by Gasteiger charge is -2.16. The molecule has 0 saturated carbocycles. The van der Waals surface area contributed by atoms with Gasteiger partial charge in [-0.1, -0.05) is 0 Å². The molecule has 0 atom stereocenters. The van der Waals surface area contributed by atoms with Crippen LogP contribution in [0.1, 0.15) is 6.92 Å². The van der Waals surface area contributed by atoms with Crippen LogP contribution in [0.3, 0.4) is 0 Å². The lowest BCUT2D eigenvalue weighted by molar-refractivity contribution is -0.384. The zero-order valence-corrected chi connectivity index (χ0v) is 13.7. The van der Waals surface area contributed by atoms with E-state index in [-0.39, 0.29) is 41.7 Å². The largest absolute Gasteiger partial charge is 0.494 e. The number of hydrogen-bond acceptors (Lipinski definition) is 7. The summed E-state index contributed by atoms with van der Waals surface area (Å²) in [6.07, 6.45) is 1.10. The van der Waals surface area contributed by atoms with Gasteiger partial charge < -0.3 is 20.7 Å². The summed E-state index contributed by atoms with van der Waals surface area (Å²) in [6, 6.07) is 5.31. The first kappa shape index (κ1) is 19.6. The molecule has 25 heavy (non-hydrogen) atoms. The third-order valence-corrected chi connectivity index (χ3v) is 3.07. The molecule has 2 amide bonds. The van der Waals surface area contributed by atoms with Crippen molar-refractivity contribution >= 4 is 23.2 Å². The van der Waals surface area contributed by atoms with E-state index in [0.29, 0.717) is 0 Å². The van der Waals surface area contributed by atoms with Crippen molar-refractivity contribution in [2.45, 2.75) is 6.92 Å². The molecule has 0 aliphatic carbocycles. The molecular formula is C15H17N5O5. The molecule has 3 N–H and O–H groups in total. The number of benzene rings is 1. The minimum absolute atomic E-state index is 0.0604. The first-order chi connectivity index (χ1) is 11.8. The monoisotopic (exact) mass is 347 g/mol. The van der Waals surface area contributed by atoms with Gasteiger partial charge in [-0.05, 0) is 6.07 Å². The van der Waals surface area contributed by atoms with Crippen LogP contribution in [-0.2, 0) is 9.59 Å². The van der Waals surface area contributed by atoms with Gasteiger partial charge >= 0.3 is 0 Å². The third-order valence-electron chi connectivity index (χ3n) is 3.07. The van der Waals surface area contributed by atoms with E-state index in [1.807, 2.05) is 0 Å². The standard InChI is InChI=1S/C15H17N5O5/c1-10(21)19(6-5-16)9-11(8-17)15(22)18-13-4-3-12(20(23)24)7-14(13)25-2/h3-4,7,9H,5-6,16H2,1-2H3,(H,18,22)/b11-9-. The normalized spacial score (nSPS) is 10.6. The first-order valence-corrected chi connectivity index (χ1v) is 7.07. The van der Waals surface area contributed by atoms with Gasteiger partial charge in [0.05, 0.1) is 23.8 Å². The average molecular weight is 347 g/mol. The molecule has 0 fully saturated rings. The molecule has 0 aromatic heterocycles. The number of nitriles is 1. The highest BCUT2D eigenvalue weighted by Crippen LogP contribution is 2.29. The molecule has 132 valence electrons. The van der Waals surface area contributed by atoms with Crippen molar-refractivity contribution in [3.05, 3.63) is 40.1 Å². The Morgan fingerprint density at radius 3 is 2.68 bits per heavy atom. The SMILES string of the molecule is COc1cc([N+](=O)[O-])ccc1NC(=O)/C(C#N)=C\N(CCN)C(C)=O. The number of carbonyl (C=O) groups is 2. The van der Waals surface area contributed by atoms with Gasteiger partial charge in [-0.15, -0.1) is 0 Å². The Hall–Kier alpha value is -3.45. The number of nitrogens with zero attached hydrogens (tertiary/aromatic N) is 3. The third kappa shape index (κ3) is 5.29. The van der Waals surface area contributed by atoms with Crippen molar-refractivity contribution in [3.8, 4) is 11.8 Å². The Morgan fingerprint density at radius 2 is 2.20 bits per heavy atom. The molecule has 0 bridgehead atoms. The summed E-state index contributed by atoms with van der Waals surface area (Å²) >= 11 is 0. The van der Waals surface area contributed by atoms with E-state index < -0.39 is 10.8 Å². The maximum absolute atomic E-state index is 12.2. The lowest BCUT2D eigenvalue weighted by Crippen LogP contribution is -2.30. The quantitative estimate of drug-likeness (QED) is 0.319. The van der Waals surface area contributed by atoms with Gasteiger partial charge in [0.2, 0.25) is 5.91 Å². The fourth-order valence-electron chi connectivity index (χ4n) is 1.83. The highest BCUT2D eigenvalue weighted by Gasteiger charge is 2.17. The summed E-state index contributed by atoms with van der Waals surface area (Å²) in [5, 5.41) is 22.3. The number of non-ortho nitro benzene ring substituents is 1. The summed E-state index contributed by atoms with van der Waals surface area (Å²) in [5.41, 5.74) is 4.99. The number of carbonyl (C=O) groups excluding carboxylic acids is 2. The minimum Gasteiger partial charge on any atom is -0.494 e. The molecule has 0 unspecified atom stereocenters. The van der Waals surface area contributed by atoms with Crippen molar-refractivity contribution in [1.29, 1.82) is 5.26 Å². The molecule has 0 saturated heterocycles. The molecule has 10 nitrogen and oxygen atoms in total. The van der Waals surface area contributed by atoms with Gasteiger partial charge in [-0.2, -0.15) is 5.26 Å². The number of nitrogens with two attached hydrogens (primary N) is 1. The Labute approximate surface area is 143 Å². The molecule has 10 heteroatoms. The van der Waals surface area contributed by atoms with Gasteiger partial charge in [0.15, 0.2) is 0 Å². The van der Waals surface area contributed by atoms with Gasteiger partial charge in [-0.3, -0.25) is 19.7 Å². The first-order valence-electron chi connectivity index (χ1n) is 7.07. The maximum atomic E-state index is 12.2. The number of methoxy groups -OCH3 is 1. The predicted octanol–water partition coefficient (Wildman–Crippen LogP) is 0.757. The predicted molar refractivity (Wildman–Crippen MR) is 88.4 cm³/mol. The van der Waals surface area contributed by atoms with Gasteiger partial charge in [0, 0.05) is 32.3 Å². The second-order valence-electron chi connectivity index (χ2n) is 4.75. The Bertz CT molecular complexity index is 753. The Kier molecular flexibility index (Phi) is 7.05. The number of nitro groups is 1. The topological polar surface area (TPSA) is 152 Å². The molecule has 0 spiro atoms. The highest BCUT2D eigenvalue weighted by molar-refractivity contribution is 6.07. The fraction of sp³-hybridized carbons (Fsp3) is 0.267. The maximum Gasteiger partial charge on any atom is 0.273 e. The van der Waals surface area contributed by atoms with E-state index in [1.54, 1.807) is 6.07 Å². The molecule has 0 radical (unpaired) electrons. The van der Waals surface area contributed by atoms with Crippen LogP contribution in [0.5, 0.6) is 5.75 Å². The summed E-state index contributed by atoms with van der Waals surface area (Å²) in [6.45, 7) is 1.58. The van der Waals surface area contributed by atoms with E-state index in [1.165, 1.54) is 26.2 Å². The van der Waals surface area contributed by atoms with Crippen LogP contribution in [0.2, 0.25) is 0 Å². The molecule has 0 aliphatic heterocycles. The van der Waals surface area contributed by atoms with Crippen LogP contribution < -0.4 is 15.8 Å². The van der Waals surface area contributed by atoms with Crippen LogP contribution in [-0.4, -0.2) is 41.8 Å². The second-order valence-corrected chi connectivity index (χ2v) is 4.75. The van der Waals surface area contributed by atoms with Gasteiger partial charge in [0.1, 0.15) is 17.4 Å². The van der Waals surface area contributed by atoms with Crippen molar-refractivity contribution in [2.75, 3.05) is 25.5 Å². The second kappa shape index (κ2) is 8.99. The number of hydrogen-bond donors (Lipinski definition) is 2. The number of ether oxygens (including phenoxy) is 1. The molecular weight excluding hydrogens is 330 g/mol. The number of nitro benzene ring substituents is 1. The Balaban J connectivity index is 3.09. The summed E-state index contributed by atoms with van der Waals surface area (Å²) in [4.78, 5) is 35.0. The van der Waals surface area contributed by atoms with E-state index in [0.717, 1.165) is 17.2 Å². The van der Waals surface area contributed by atoms with Crippen LogP contribution in [0, 0.1) is 21.4 Å². The molecule has 1 aromatic carbocycles. The fourth-order valence-corrected chi connectivity index (χ4v) is 1.83. The van der Waals surface area contributed by atoms with Crippen molar-refractivity contribution in [1.82, 2.24) is 4.90 Å². The molecule has 1 rings (SSSR count). The summed E-state index contributed by atoms with van der Waals surface area (Å²) in [5.74, 6) is -1.11. The van der Waals surface area contributed by atoms with Crippen LogP contribution in [0.25, 0.3) is 0 Å². The van der Waals surface area contributed by atoms with E-state index >= 15 is 0 Å². The van der Waals surface area contributed by atoms with Crippen molar-refractivity contribution in [2.24, 2.45) is 5.73 Å². The summed E-state index contributed by atoms with van der Waals surface area (Å²) < 4.78 is 5.01. The van der Waals surface area contributed by atoms with Crippen LogP contribution >= 0.6 is 0 Å². The van der Waals surface area contributed by atoms with E-state index in [4.69, 9.17) is 15.7 Å². The van der Waals surface area contributed by atoms with E-state index in [9.17, 15) is 19.7 Å². The number of nitrogens with one attached hydrogen (secondary N) is 1. The number of anilines is 1. The smallest absolute Gasteiger partial charge is 0.273 e. The zero-order valence-electron chi connectivity index (χ0n) is 13.7. The zero-order chi connectivity index (χ0) is 19.0. The average Bonchev–Trinajstić information content (AvgIpc) is 2.58. The van der Waals surface area contributed by atoms with Crippen LogP contribution in [0.4, 0.5) is 11.4 Å². The van der Waals surface area contributed by atoms with Gasteiger partial charge in [-0.25, -0.2) is 0 Å². The van der Waals surface area contributed by atoms with Crippen LogP contribution in [0.15, 0.2) is 30.0 Å². The minimum atomic E-state index is -0.794.